The molecule has 1 saturated heterocycles. The average Bonchev–Trinajstić information content (AvgIpc) is 2.34. The van der Waals surface area contributed by atoms with Crippen molar-refractivity contribution < 1.29 is 13.9 Å². The zero-order valence-electron chi connectivity index (χ0n) is 9.63. The number of halogens is 1. The summed E-state index contributed by atoms with van der Waals surface area (Å²) in [6, 6.07) is 4.26. The number of benzene rings is 1. The SMILES string of the molecule is Cc1cc(F)ccc1NC(=O)C1CNCCO1. The number of nitrogens with one attached hydrogen (secondary N) is 2. The van der Waals surface area contributed by atoms with E-state index in [4.69, 9.17) is 4.74 Å². The molecule has 0 radical (unpaired) electrons. The highest BCUT2D eigenvalue weighted by atomic mass is 19.1. The van der Waals surface area contributed by atoms with Crippen LogP contribution in [0.3, 0.4) is 0 Å². The number of ether oxygens (including phenoxy) is 1. The molecule has 92 valence electrons. The minimum Gasteiger partial charge on any atom is -0.366 e. The van der Waals surface area contributed by atoms with E-state index in [1.807, 2.05) is 0 Å². The molecule has 1 fully saturated rings. The molecular weight excluding hydrogens is 223 g/mol. The van der Waals surface area contributed by atoms with Crippen molar-refractivity contribution in [2.45, 2.75) is 13.0 Å². The summed E-state index contributed by atoms with van der Waals surface area (Å²) in [5.41, 5.74) is 1.31. The van der Waals surface area contributed by atoms with Gasteiger partial charge in [-0.25, -0.2) is 4.39 Å². The Morgan fingerprint density at radius 2 is 2.41 bits per heavy atom. The van der Waals surface area contributed by atoms with Crippen LogP contribution in [0.4, 0.5) is 10.1 Å². The molecule has 1 atom stereocenters. The molecule has 1 aromatic rings. The molecule has 1 heterocycles. The Morgan fingerprint density at radius 1 is 1.59 bits per heavy atom. The van der Waals surface area contributed by atoms with Crippen LogP contribution in [0.15, 0.2) is 18.2 Å². The van der Waals surface area contributed by atoms with E-state index >= 15 is 0 Å². The van der Waals surface area contributed by atoms with Crippen LogP contribution in [-0.2, 0) is 9.53 Å². The summed E-state index contributed by atoms with van der Waals surface area (Å²) >= 11 is 0. The minimum absolute atomic E-state index is 0.202. The zero-order chi connectivity index (χ0) is 12.3. The number of anilines is 1. The van der Waals surface area contributed by atoms with Gasteiger partial charge >= 0.3 is 0 Å². The second-order valence-corrected chi connectivity index (χ2v) is 4.01. The van der Waals surface area contributed by atoms with Crippen molar-refractivity contribution >= 4 is 11.6 Å². The maximum absolute atomic E-state index is 12.9. The fourth-order valence-corrected chi connectivity index (χ4v) is 1.71. The van der Waals surface area contributed by atoms with Crippen molar-refractivity contribution in [2.75, 3.05) is 25.0 Å². The Kier molecular flexibility index (Phi) is 3.71. The largest absolute Gasteiger partial charge is 0.366 e. The Bertz CT molecular complexity index is 417. The first-order chi connectivity index (χ1) is 8.16. The van der Waals surface area contributed by atoms with Crippen molar-refractivity contribution in [3.63, 3.8) is 0 Å². The van der Waals surface area contributed by atoms with E-state index in [1.165, 1.54) is 12.1 Å². The fraction of sp³-hybridized carbons (Fsp3) is 0.417. The highest BCUT2D eigenvalue weighted by Gasteiger charge is 2.22. The van der Waals surface area contributed by atoms with E-state index in [0.29, 0.717) is 24.4 Å². The zero-order valence-corrected chi connectivity index (χ0v) is 9.63. The first-order valence-corrected chi connectivity index (χ1v) is 5.56. The van der Waals surface area contributed by atoms with Crippen LogP contribution < -0.4 is 10.6 Å². The van der Waals surface area contributed by atoms with Crippen LogP contribution in [0.1, 0.15) is 5.56 Å². The van der Waals surface area contributed by atoms with E-state index in [-0.39, 0.29) is 11.7 Å². The molecule has 1 unspecified atom stereocenters. The Morgan fingerprint density at radius 3 is 3.06 bits per heavy atom. The summed E-state index contributed by atoms with van der Waals surface area (Å²) in [4.78, 5) is 11.8. The van der Waals surface area contributed by atoms with Crippen LogP contribution in [0, 0.1) is 12.7 Å². The normalized spacial score (nSPS) is 20.0. The van der Waals surface area contributed by atoms with Crippen molar-refractivity contribution in [2.24, 2.45) is 0 Å². The maximum Gasteiger partial charge on any atom is 0.254 e. The van der Waals surface area contributed by atoms with E-state index in [2.05, 4.69) is 10.6 Å². The molecule has 1 amide bonds. The summed E-state index contributed by atoms with van der Waals surface area (Å²) in [6.45, 7) is 3.55. The van der Waals surface area contributed by atoms with Gasteiger partial charge in [0.25, 0.3) is 5.91 Å². The lowest BCUT2D eigenvalue weighted by atomic mass is 10.2. The average molecular weight is 238 g/mol. The highest BCUT2D eigenvalue weighted by Crippen LogP contribution is 2.16. The summed E-state index contributed by atoms with van der Waals surface area (Å²) in [5.74, 6) is -0.511. The molecule has 2 rings (SSSR count). The van der Waals surface area contributed by atoms with Crippen LogP contribution >= 0.6 is 0 Å². The molecule has 1 aliphatic rings. The smallest absolute Gasteiger partial charge is 0.254 e. The summed E-state index contributed by atoms with van der Waals surface area (Å²) in [6.07, 6.45) is -0.479. The molecule has 0 spiro atoms. The van der Waals surface area contributed by atoms with Gasteiger partial charge in [-0.3, -0.25) is 4.79 Å². The Hall–Kier alpha value is -1.46. The number of carbonyl (C=O) groups is 1. The van der Waals surface area contributed by atoms with Gasteiger partial charge in [0, 0.05) is 18.8 Å². The number of rotatable bonds is 2. The predicted molar refractivity (Wildman–Crippen MR) is 62.4 cm³/mol. The Balaban J connectivity index is 2.02. The number of hydrogen-bond donors (Lipinski definition) is 2. The van der Waals surface area contributed by atoms with E-state index in [0.717, 1.165) is 6.54 Å². The predicted octanol–water partition coefficient (Wildman–Crippen LogP) is 1.06. The minimum atomic E-state index is -0.479. The van der Waals surface area contributed by atoms with Crippen molar-refractivity contribution in [3.05, 3.63) is 29.6 Å². The topological polar surface area (TPSA) is 50.4 Å². The molecule has 17 heavy (non-hydrogen) atoms. The molecule has 1 aromatic carbocycles. The van der Waals surface area contributed by atoms with Crippen molar-refractivity contribution in [3.8, 4) is 0 Å². The van der Waals surface area contributed by atoms with E-state index in [1.54, 1.807) is 13.0 Å². The van der Waals surface area contributed by atoms with Crippen LogP contribution in [0.2, 0.25) is 0 Å². The maximum atomic E-state index is 12.9. The summed E-state index contributed by atoms with van der Waals surface area (Å²) < 4.78 is 18.2. The third-order valence-corrected chi connectivity index (χ3v) is 2.67. The van der Waals surface area contributed by atoms with Gasteiger partial charge in [0.2, 0.25) is 0 Å². The first-order valence-electron chi connectivity index (χ1n) is 5.56. The summed E-state index contributed by atoms with van der Waals surface area (Å²) in [7, 11) is 0. The molecule has 0 saturated carbocycles. The van der Waals surface area contributed by atoms with Gasteiger partial charge in [0.05, 0.1) is 6.61 Å². The number of hydrogen-bond acceptors (Lipinski definition) is 3. The first kappa shape index (κ1) is 12.0. The second kappa shape index (κ2) is 5.25. The number of carbonyl (C=O) groups excluding carboxylic acids is 1. The Labute approximate surface area is 99.2 Å². The van der Waals surface area contributed by atoms with Gasteiger partial charge in [-0.05, 0) is 30.7 Å². The van der Waals surface area contributed by atoms with Gasteiger partial charge in [0.1, 0.15) is 11.9 Å². The molecule has 0 aromatic heterocycles. The second-order valence-electron chi connectivity index (χ2n) is 4.01. The highest BCUT2D eigenvalue weighted by molar-refractivity contribution is 5.95. The van der Waals surface area contributed by atoms with Crippen LogP contribution in [-0.4, -0.2) is 31.7 Å². The molecule has 2 N–H and O–H groups in total. The van der Waals surface area contributed by atoms with E-state index in [9.17, 15) is 9.18 Å². The third kappa shape index (κ3) is 3.01. The lowest BCUT2D eigenvalue weighted by Crippen LogP contribution is -2.45. The number of aryl methyl sites for hydroxylation is 1. The number of morpholine rings is 1. The standard InChI is InChI=1S/C12H15FN2O2/c1-8-6-9(13)2-3-10(8)15-12(16)11-7-14-4-5-17-11/h2-3,6,11,14H,4-5,7H2,1H3,(H,15,16). The van der Waals surface area contributed by atoms with Gasteiger partial charge < -0.3 is 15.4 Å². The third-order valence-electron chi connectivity index (χ3n) is 2.67. The molecule has 0 bridgehead atoms. The molecule has 0 aliphatic carbocycles. The van der Waals surface area contributed by atoms with Gasteiger partial charge in [-0.15, -0.1) is 0 Å². The molecule has 4 nitrogen and oxygen atoms in total. The summed E-state index contributed by atoms with van der Waals surface area (Å²) in [5, 5.41) is 5.82. The lowest BCUT2D eigenvalue weighted by molar-refractivity contribution is -0.128. The lowest BCUT2D eigenvalue weighted by Gasteiger charge is -2.23. The van der Waals surface area contributed by atoms with Gasteiger partial charge in [-0.1, -0.05) is 0 Å². The fourth-order valence-electron chi connectivity index (χ4n) is 1.71. The van der Waals surface area contributed by atoms with Crippen LogP contribution in [0.25, 0.3) is 0 Å². The van der Waals surface area contributed by atoms with Crippen molar-refractivity contribution in [1.82, 2.24) is 5.32 Å². The molecule has 5 heteroatoms. The van der Waals surface area contributed by atoms with Crippen molar-refractivity contribution in [1.29, 1.82) is 0 Å². The molecule has 1 aliphatic heterocycles. The van der Waals surface area contributed by atoms with Crippen LogP contribution in [0.5, 0.6) is 0 Å². The quantitative estimate of drug-likeness (QED) is 0.810. The van der Waals surface area contributed by atoms with Gasteiger partial charge in [-0.2, -0.15) is 0 Å². The molecular formula is C12H15FN2O2. The van der Waals surface area contributed by atoms with Gasteiger partial charge in [0.15, 0.2) is 0 Å². The van der Waals surface area contributed by atoms with E-state index < -0.39 is 6.10 Å². The monoisotopic (exact) mass is 238 g/mol. The number of amides is 1.